The van der Waals surface area contributed by atoms with Crippen LogP contribution in [0.2, 0.25) is 0 Å². The zero-order valence-corrected chi connectivity index (χ0v) is 21.6. The lowest BCUT2D eigenvalue weighted by atomic mass is 9.95. The van der Waals surface area contributed by atoms with E-state index in [4.69, 9.17) is 13.9 Å². The highest BCUT2D eigenvalue weighted by Gasteiger charge is 2.35. The number of hydrogen-bond acceptors (Lipinski definition) is 7. The fourth-order valence-electron chi connectivity index (χ4n) is 3.69. The number of ether oxygens (including phenoxy) is 2. The lowest BCUT2D eigenvalue weighted by Gasteiger charge is -2.26. The summed E-state index contributed by atoms with van der Waals surface area (Å²) < 4.78 is 19.7. The molecular weight excluding hydrogens is 555 g/mol. The number of thiazole rings is 1. The molecule has 0 saturated heterocycles. The van der Waals surface area contributed by atoms with Gasteiger partial charge in [-0.25, -0.2) is 9.79 Å². The summed E-state index contributed by atoms with van der Waals surface area (Å²) in [7, 11) is 0. The highest BCUT2D eigenvalue weighted by Crippen LogP contribution is 2.36. The SMILES string of the molecule is CCOC(=O)C1=C(C)N=c2s/c(=C/c3ccc(I)o3)c(=O)n2C1c1ccccc1OC(C)C. The van der Waals surface area contributed by atoms with Crippen molar-refractivity contribution in [1.82, 2.24) is 4.57 Å². The molecule has 1 atom stereocenters. The number of aromatic nitrogens is 1. The first kappa shape index (κ1) is 23.5. The third-order valence-electron chi connectivity index (χ3n) is 4.96. The van der Waals surface area contributed by atoms with E-state index in [-0.39, 0.29) is 18.3 Å². The quantitative estimate of drug-likeness (QED) is 0.329. The average molecular weight is 578 g/mol. The Morgan fingerprint density at radius 2 is 2.06 bits per heavy atom. The highest BCUT2D eigenvalue weighted by atomic mass is 127. The molecular formula is C24H23IN2O5S. The molecule has 2 aromatic heterocycles. The molecule has 1 aliphatic rings. The molecule has 7 nitrogen and oxygen atoms in total. The van der Waals surface area contributed by atoms with E-state index in [1.165, 1.54) is 11.3 Å². The van der Waals surface area contributed by atoms with Gasteiger partial charge in [0.1, 0.15) is 17.6 Å². The highest BCUT2D eigenvalue weighted by molar-refractivity contribution is 14.1. The van der Waals surface area contributed by atoms with Gasteiger partial charge in [0.05, 0.1) is 28.5 Å². The van der Waals surface area contributed by atoms with Gasteiger partial charge in [-0.2, -0.15) is 0 Å². The van der Waals surface area contributed by atoms with Gasteiger partial charge in [0.15, 0.2) is 8.57 Å². The third kappa shape index (κ3) is 4.70. The minimum atomic E-state index is -0.728. The van der Waals surface area contributed by atoms with Crippen molar-refractivity contribution in [3.05, 3.63) is 82.4 Å². The van der Waals surface area contributed by atoms with Crippen LogP contribution in [0.1, 0.15) is 45.1 Å². The Hall–Kier alpha value is -2.66. The molecule has 0 saturated carbocycles. The predicted molar refractivity (Wildman–Crippen MR) is 134 cm³/mol. The molecule has 4 rings (SSSR count). The van der Waals surface area contributed by atoms with Gasteiger partial charge < -0.3 is 13.9 Å². The molecule has 1 aliphatic heterocycles. The molecule has 0 radical (unpaired) electrons. The molecule has 0 bridgehead atoms. The Morgan fingerprint density at radius 1 is 1.30 bits per heavy atom. The maximum atomic E-state index is 13.6. The second kappa shape index (κ2) is 9.68. The molecule has 0 amide bonds. The lowest BCUT2D eigenvalue weighted by molar-refractivity contribution is -0.139. The summed E-state index contributed by atoms with van der Waals surface area (Å²) in [5, 5.41) is 0. The number of rotatable bonds is 6. The van der Waals surface area contributed by atoms with Crippen LogP contribution in [-0.2, 0) is 9.53 Å². The number of fused-ring (bicyclic) bond motifs is 1. The van der Waals surface area contributed by atoms with Gasteiger partial charge in [-0.15, -0.1) is 0 Å². The van der Waals surface area contributed by atoms with Crippen molar-refractivity contribution >= 4 is 46.0 Å². The summed E-state index contributed by atoms with van der Waals surface area (Å²) in [4.78, 5) is 31.7. The lowest BCUT2D eigenvalue weighted by Crippen LogP contribution is -2.40. The first-order valence-corrected chi connectivity index (χ1v) is 12.4. The normalized spacial score (nSPS) is 16.1. The number of carbonyl (C=O) groups excluding carboxylic acids is 1. The number of para-hydroxylation sites is 1. The Kier molecular flexibility index (Phi) is 6.89. The van der Waals surface area contributed by atoms with Gasteiger partial charge in [-0.05, 0) is 68.5 Å². The van der Waals surface area contributed by atoms with Crippen molar-refractivity contribution in [2.24, 2.45) is 4.99 Å². The first-order chi connectivity index (χ1) is 15.8. The van der Waals surface area contributed by atoms with E-state index in [1.54, 1.807) is 30.6 Å². The van der Waals surface area contributed by atoms with Crippen molar-refractivity contribution in [3.63, 3.8) is 0 Å². The topological polar surface area (TPSA) is 83.0 Å². The number of allylic oxidation sites excluding steroid dienone is 1. The van der Waals surface area contributed by atoms with Crippen molar-refractivity contribution in [2.45, 2.75) is 39.8 Å². The molecule has 172 valence electrons. The van der Waals surface area contributed by atoms with Crippen LogP contribution in [0.25, 0.3) is 6.08 Å². The van der Waals surface area contributed by atoms with Gasteiger partial charge in [-0.1, -0.05) is 29.5 Å². The van der Waals surface area contributed by atoms with Gasteiger partial charge in [0.25, 0.3) is 5.56 Å². The van der Waals surface area contributed by atoms with Crippen molar-refractivity contribution in [2.75, 3.05) is 6.61 Å². The van der Waals surface area contributed by atoms with E-state index in [0.29, 0.717) is 37.7 Å². The van der Waals surface area contributed by atoms with Crippen LogP contribution in [0.15, 0.2) is 61.9 Å². The van der Waals surface area contributed by atoms with Crippen LogP contribution in [0.3, 0.4) is 0 Å². The van der Waals surface area contributed by atoms with Crippen LogP contribution in [0.4, 0.5) is 0 Å². The summed E-state index contributed by atoms with van der Waals surface area (Å²) in [6.07, 6.45) is 1.61. The van der Waals surface area contributed by atoms with E-state index < -0.39 is 12.0 Å². The third-order valence-corrected chi connectivity index (χ3v) is 6.52. The minimum Gasteiger partial charge on any atom is -0.491 e. The number of halogens is 1. The van der Waals surface area contributed by atoms with E-state index in [2.05, 4.69) is 27.6 Å². The van der Waals surface area contributed by atoms with Crippen LogP contribution in [-0.4, -0.2) is 23.2 Å². The second-order valence-electron chi connectivity index (χ2n) is 7.65. The smallest absolute Gasteiger partial charge is 0.338 e. The van der Waals surface area contributed by atoms with Gasteiger partial charge in [0, 0.05) is 11.6 Å². The van der Waals surface area contributed by atoms with Crippen molar-refractivity contribution in [1.29, 1.82) is 0 Å². The fraction of sp³-hybridized carbons (Fsp3) is 0.292. The van der Waals surface area contributed by atoms with Crippen LogP contribution < -0.4 is 19.6 Å². The molecule has 0 aliphatic carbocycles. The first-order valence-electron chi connectivity index (χ1n) is 10.5. The Balaban J connectivity index is 1.98. The number of hydrogen-bond donors (Lipinski definition) is 0. The van der Waals surface area contributed by atoms with Gasteiger partial charge in [0.2, 0.25) is 0 Å². The number of benzene rings is 1. The largest absolute Gasteiger partial charge is 0.491 e. The predicted octanol–water partition coefficient (Wildman–Crippen LogP) is 3.78. The van der Waals surface area contributed by atoms with E-state index in [9.17, 15) is 9.59 Å². The number of furan rings is 1. The van der Waals surface area contributed by atoms with Gasteiger partial charge >= 0.3 is 5.97 Å². The van der Waals surface area contributed by atoms with Gasteiger partial charge in [-0.3, -0.25) is 9.36 Å². The molecule has 1 aromatic carbocycles. The summed E-state index contributed by atoms with van der Waals surface area (Å²) >= 11 is 3.33. The summed E-state index contributed by atoms with van der Waals surface area (Å²) in [5.41, 5.74) is 1.27. The standard InChI is InChI=1S/C24H23IN2O5S/c1-5-30-23(29)20-14(4)26-24-27(21(20)16-8-6-7-9-17(16)31-13(2)3)22(28)18(33-24)12-15-10-11-19(25)32-15/h6-13,21H,5H2,1-4H3/b18-12+. The monoisotopic (exact) mass is 578 g/mol. The number of nitrogens with zero attached hydrogens (tertiary/aromatic N) is 2. The number of esters is 1. The Labute approximate surface area is 208 Å². The summed E-state index contributed by atoms with van der Waals surface area (Å²) in [6, 6.07) is 10.3. The Morgan fingerprint density at radius 3 is 2.73 bits per heavy atom. The molecule has 0 fully saturated rings. The molecule has 33 heavy (non-hydrogen) atoms. The molecule has 0 spiro atoms. The van der Waals surface area contributed by atoms with Crippen molar-refractivity contribution < 1.29 is 18.7 Å². The van der Waals surface area contributed by atoms with Crippen molar-refractivity contribution in [3.8, 4) is 5.75 Å². The molecule has 0 N–H and O–H groups in total. The summed E-state index contributed by atoms with van der Waals surface area (Å²) in [5.74, 6) is 0.674. The molecule has 1 unspecified atom stereocenters. The van der Waals surface area contributed by atoms with E-state index in [1.807, 2.05) is 44.2 Å². The number of carbonyl (C=O) groups is 1. The van der Waals surface area contributed by atoms with Crippen LogP contribution in [0.5, 0.6) is 5.75 Å². The zero-order valence-electron chi connectivity index (χ0n) is 18.6. The average Bonchev–Trinajstić information content (AvgIpc) is 3.30. The van der Waals surface area contributed by atoms with Crippen LogP contribution in [0, 0.1) is 3.77 Å². The van der Waals surface area contributed by atoms with Crippen LogP contribution >= 0.6 is 33.9 Å². The fourth-order valence-corrected chi connectivity index (χ4v) is 5.15. The second-order valence-corrected chi connectivity index (χ2v) is 9.72. The van der Waals surface area contributed by atoms with E-state index >= 15 is 0 Å². The van der Waals surface area contributed by atoms with E-state index in [0.717, 1.165) is 3.77 Å². The zero-order chi connectivity index (χ0) is 23.7. The molecule has 3 heterocycles. The maximum Gasteiger partial charge on any atom is 0.338 e. The summed E-state index contributed by atoms with van der Waals surface area (Å²) in [6.45, 7) is 7.59. The Bertz CT molecular complexity index is 1410. The maximum absolute atomic E-state index is 13.6. The molecule has 9 heteroatoms. The minimum absolute atomic E-state index is 0.0838. The molecule has 3 aromatic rings.